The maximum Gasteiger partial charge on any atom is 0.410 e. The highest BCUT2D eigenvalue weighted by Crippen LogP contribution is 2.46. The second-order valence-electron chi connectivity index (χ2n) is 9.15. The average molecular weight is 359 g/mol. The lowest BCUT2D eigenvalue weighted by atomic mass is 9.63. The fourth-order valence-corrected chi connectivity index (χ4v) is 4.19. The van der Waals surface area contributed by atoms with Crippen LogP contribution in [0.15, 0.2) is 12.3 Å². The van der Waals surface area contributed by atoms with E-state index in [0.29, 0.717) is 12.0 Å². The summed E-state index contributed by atoms with van der Waals surface area (Å²) < 4.78 is 11.9. The minimum absolute atomic E-state index is 0.0631. The van der Waals surface area contributed by atoms with Crippen molar-refractivity contribution in [2.24, 2.45) is 5.41 Å². The van der Waals surface area contributed by atoms with Crippen LogP contribution in [0.5, 0.6) is 5.75 Å². The first kappa shape index (κ1) is 17.6. The summed E-state index contributed by atoms with van der Waals surface area (Å²) in [5.41, 5.74) is 2.05. The van der Waals surface area contributed by atoms with Crippen LogP contribution >= 0.6 is 0 Å². The van der Waals surface area contributed by atoms with E-state index in [2.05, 4.69) is 10.3 Å². The van der Waals surface area contributed by atoms with Gasteiger partial charge in [0.05, 0.1) is 18.3 Å². The largest absolute Gasteiger partial charge is 0.490 e. The first-order valence-corrected chi connectivity index (χ1v) is 9.58. The Morgan fingerprint density at radius 2 is 2.08 bits per heavy atom. The highest BCUT2D eigenvalue weighted by atomic mass is 16.6. The fourth-order valence-electron chi connectivity index (χ4n) is 4.19. The Kier molecular flexibility index (Phi) is 4.14. The zero-order valence-electron chi connectivity index (χ0n) is 16.2. The number of amides is 1. The molecule has 1 spiro atoms. The Morgan fingerprint density at radius 3 is 2.69 bits per heavy atom. The van der Waals surface area contributed by atoms with E-state index in [1.54, 1.807) is 4.90 Å². The molecule has 1 aliphatic carbocycles. The number of hydrogen-bond acceptors (Lipinski definition) is 5. The molecule has 0 bridgehead atoms. The van der Waals surface area contributed by atoms with Crippen LogP contribution in [0.3, 0.4) is 0 Å². The molecule has 1 unspecified atom stereocenters. The first-order valence-electron chi connectivity index (χ1n) is 9.58. The number of rotatable bonds is 2. The van der Waals surface area contributed by atoms with Gasteiger partial charge in [0.2, 0.25) is 0 Å². The molecule has 6 nitrogen and oxygen atoms in total. The summed E-state index contributed by atoms with van der Waals surface area (Å²) in [6.07, 6.45) is 4.78. The number of carbonyl (C=O) groups excluding carboxylic acids is 1. The van der Waals surface area contributed by atoms with E-state index in [0.717, 1.165) is 49.4 Å². The third-order valence-electron chi connectivity index (χ3n) is 5.69. The van der Waals surface area contributed by atoms with Crippen molar-refractivity contribution >= 4 is 6.09 Å². The minimum atomic E-state index is -0.498. The van der Waals surface area contributed by atoms with Crippen molar-refractivity contribution in [1.82, 2.24) is 15.2 Å². The number of nitrogens with one attached hydrogen (secondary N) is 1. The van der Waals surface area contributed by atoms with E-state index in [4.69, 9.17) is 9.47 Å². The molecule has 1 amide bonds. The Balaban J connectivity index is 1.48. The molecule has 1 N–H and O–H groups in total. The molecule has 142 valence electrons. The Bertz CT molecular complexity index is 701. The van der Waals surface area contributed by atoms with Crippen molar-refractivity contribution in [3.8, 4) is 5.75 Å². The molecule has 1 aromatic heterocycles. The number of hydrogen-bond donors (Lipinski definition) is 1. The fraction of sp³-hybridized carbons (Fsp3) is 0.700. The van der Waals surface area contributed by atoms with Gasteiger partial charge in [-0.3, -0.25) is 4.98 Å². The summed E-state index contributed by atoms with van der Waals surface area (Å²) in [5, 5.41) is 3.36. The normalized spacial score (nSPS) is 24.5. The summed E-state index contributed by atoms with van der Waals surface area (Å²) >= 11 is 0. The molecule has 4 rings (SSSR count). The van der Waals surface area contributed by atoms with Gasteiger partial charge in [0.25, 0.3) is 0 Å². The molecule has 3 aliphatic rings. The zero-order valence-corrected chi connectivity index (χ0v) is 16.2. The van der Waals surface area contributed by atoms with Gasteiger partial charge in [0, 0.05) is 42.7 Å². The lowest BCUT2D eigenvalue weighted by Crippen LogP contribution is -2.62. The third-order valence-corrected chi connectivity index (χ3v) is 5.69. The van der Waals surface area contributed by atoms with Crippen molar-refractivity contribution in [3.05, 3.63) is 23.5 Å². The number of pyridine rings is 1. The summed E-state index contributed by atoms with van der Waals surface area (Å²) in [6.45, 7) is 10.5. The van der Waals surface area contributed by atoms with Gasteiger partial charge >= 0.3 is 6.09 Å². The van der Waals surface area contributed by atoms with Gasteiger partial charge in [-0.15, -0.1) is 0 Å². The quantitative estimate of drug-likeness (QED) is 0.880. The van der Waals surface area contributed by atoms with Crippen molar-refractivity contribution in [3.63, 3.8) is 0 Å². The van der Waals surface area contributed by atoms with Crippen LogP contribution < -0.4 is 10.1 Å². The zero-order chi connectivity index (χ0) is 18.5. The number of carbonyl (C=O) groups is 1. The summed E-state index contributed by atoms with van der Waals surface area (Å²) in [6, 6.07) is 2.00. The molecule has 2 fully saturated rings. The highest BCUT2D eigenvalue weighted by molar-refractivity contribution is 5.69. The summed E-state index contributed by atoms with van der Waals surface area (Å²) in [5.74, 6) is 0.877. The van der Waals surface area contributed by atoms with Gasteiger partial charge in [0.1, 0.15) is 11.4 Å². The van der Waals surface area contributed by atoms with Crippen LogP contribution in [0, 0.1) is 5.41 Å². The Hall–Kier alpha value is -1.82. The number of aromatic nitrogens is 1. The van der Waals surface area contributed by atoms with E-state index in [9.17, 15) is 4.79 Å². The molecule has 1 atom stereocenters. The third kappa shape index (κ3) is 3.27. The molecule has 6 heteroatoms. The lowest BCUT2D eigenvalue weighted by Gasteiger charge is -2.53. The Labute approximate surface area is 155 Å². The van der Waals surface area contributed by atoms with Gasteiger partial charge < -0.3 is 19.7 Å². The highest BCUT2D eigenvalue weighted by Gasteiger charge is 2.49. The van der Waals surface area contributed by atoms with Crippen molar-refractivity contribution in [1.29, 1.82) is 0 Å². The van der Waals surface area contributed by atoms with Crippen LogP contribution in [0.25, 0.3) is 0 Å². The van der Waals surface area contributed by atoms with Crippen molar-refractivity contribution in [2.75, 3.05) is 13.1 Å². The maximum absolute atomic E-state index is 12.6. The second-order valence-corrected chi connectivity index (χ2v) is 9.15. The molecule has 1 saturated heterocycles. The van der Waals surface area contributed by atoms with Crippen LogP contribution in [0.1, 0.15) is 51.8 Å². The topological polar surface area (TPSA) is 63.7 Å². The summed E-state index contributed by atoms with van der Waals surface area (Å²) in [7, 11) is 0. The standard InChI is InChI=1S/C20H29N3O3/c1-13-7-16-15(10-23(13)18(24)26-19(2,3)4)17(5-6-22-16)25-14-8-20(9-14)11-21-12-20/h5-6,13-14,21H,7-12H2,1-4H3. The van der Waals surface area contributed by atoms with E-state index >= 15 is 0 Å². The van der Waals surface area contributed by atoms with Crippen molar-refractivity contribution in [2.45, 2.75) is 71.2 Å². The van der Waals surface area contributed by atoms with Gasteiger partial charge in [-0.2, -0.15) is 0 Å². The molecule has 0 aromatic carbocycles. The second kappa shape index (κ2) is 6.12. The minimum Gasteiger partial charge on any atom is -0.490 e. The molecule has 0 radical (unpaired) electrons. The van der Waals surface area contributed by atoms with Gasteiger partial charge in [-0.1, -0.05) is 0 Å². The predicted molar refractivity (Wildman–Crippen MR) is 98.1 cm³/mol. The van der Waals surface area contributed by atoms with E-state index < -0.39 is 5.60 Å². The predicted octanol–water partition coefficient (Wildman–Crippen LogP) is 2.89. The van der Waals surface area contributed by atoms with E-state index in [1.165, 1.54) is 0 Å². The molecule has 3 heterocycles. The molecule has 2 aliphatic heterocycles. The van der Waals surface area contributed by atoms with E-state index in [-0.39, 0.29) is 18.2 Å². The SMILES string of the molecule is CC1Cc2nccc(OC3CC4(CNC4)C3)c2CN1C(=O)OC(C)(C)C. The number of fused-ring (bicyclic) bond motifs is 1. The molecular weight excluding hydrogens is 330 g/mol. The molecule has 1 saturated carbocycles. The van der Waals surface area contributed by atoms with Crippen LogP contribution in [0.2, 0.25) is 0 Å². The van der Waals surface area contributed by atoms with Crippen LogP contribution in [0.4, 0.5) is 4.79 Å². The van der Waals surface area contributed by atoms with E-state index in [1.807, 2.05) is 40.0 Å². The molecular formula is C20H29N3O3. The van der Waals surface area contributed by atoms with Gasteiger partial charge in [-0.05, 0) is 46.6 Å². The van der Waals surface area contributed by atoms with Crippen molar-refractivity contribution < 1.29 is 14.3 Å². The Morgan fingerprint density at radius 1 is 1.35 bits per heavy atom. The molecule has 26 heavy (non-hydrogen) atoms. The van der Waals surface area contributed by atoms with Crippen LogP contribution in [-0.4, -0.2) is 46.8 Å². The van der Waals surface area contributed by atoms with Crippen LogP contribution in [-0.2, 0) is 17.7 Å². The average Bonchev–Trinajstić information content (AvgIpc) is 2.46. The number of ether oxygens (including phenoxy) is 2. The monoisotopic (exact) mass is 359 g/mol. The summed E-state index contributed by atoms with van der Waals surface area (Å²) in [4.78, 5) is 18.9. The maximum atomic E-state index is 12.6. The first-order chi connectivity index (χ1) is 12.2. The smallest absolute Gasteiger partial charge is 0.410 e. The molecule has 1 aromatic rings. The van der Waals surface area contributed by atoms with Gasteiger partial charge in [0.15, 0.2) is 0 Å². The van der Waals surface area contributed by atoms with Gasteiger partial charge in [-0.25, -0.2) is 4.79 Å². The lowest BCUT2D eigenvalue weighted by molar-refractivity contribution is -0.0503. The number of nitrogens with zero attached hydrogens (tertiary/aromatic N) is 2.